The van der Waals surface area contributed by atoms with Crippen LogP contribution >= 0.6 is 0 Å². The first-order valence-electron chi connectivity index (χ1n) is 6.80. The highest BCUT2D eigenvalue weighted by atomic mass is 16.5. The fourth-order valence-corrected chi connectivity index (χ4v) is 2.22. The summed E-state index contributed by atoms with van der Waals surface area (Å²) in [6.07, 6.45) is 4.33. The molecule has 2 aromatic rings. The van der Waals surface area contributed by atoms with Gasteiger partial charge in [0.15, 0.2) is 0 Å². The molecule has 1 fully saturated rings. The van der Waals surface area contributed by atoms with Crippen LogP contribution in [0, 0.1) is 0 Å². The standard InChI is InChI=1S/C16H19NO2/c1-2-9-18-11-14-13-5-3-4-6-15(13)19-16(14)10-17-12-7-8-12/h2-6,12,17H,1,7-11H2. The van der Waals surface area contributed by atoms with Crippen LogP contribution in [0.2, 0.25) is 0 Å². The van der Waals surface area contributed by atoms with Gasteiger partial charge >= 0.3 is 0 Å². The molecule has 1 heterocycles. The van der Waals surface area contributed by atoms with Crippen LogP contribution in [0.15, 0.2) is 41.3 Å². The van der Waals surface area contributed by atoms with Crippen LogP contribution in [0.3, 0.4) is 0 Å². The summed E-state index contributed by atoms with van der Waals surface area (Å²) in [6.45, 7) is 5.59. The zero-order valence-electron chi connectivity index (χ0n) is 11.0. The first-order chi connectivity index (χ1) is 9.38. The highest BCUT2D eigenvalue weighted by Crippen LogP contribution is 2.27. The first kappa shape index (κ1) is 12.5. The van der Waals surface area contributed by atoms with Gasteiger partial charge in [-0.25, -0.2) is 0 Å². The normalized spacial score (nSPS) is 14.9. The summed E-state index contributed by atoms with van der Waals surface area (Å²) in [4.78, 5) is 0. The molecule has 1 aliphatic carbocycles. The quantitative estimate of drug-likeness (QED) is 0.610. The predicted molar refractivity (Wildman–Crippen MR) is 75.9 cm³/mol. The van der Waals surface area contributed by atoms with Crippen LogP contribution in [0.4, 0.5) is 0 Å². The highest BCUT2D eigenvalue weighted by Gasteiger charge is 2.22. The molecule has 0 radical (unpaired) electrons. The van der Waals surface area contributed by atoms with E-state index < -0.39 is 0 Å². The highest BCUT2D eigenvalue weighted by molar-refractivity contribution is 5.82. The number of furan rings is 1. The van der Waals surface area contributed by atoms with E-state index in [0.29, 0.717) is 19.3 Å². The third-order valence-electron chi connectivity index (χ3n) is 3.39. The lowest BCUT2D eigenvalue weighted by atomic mass is 10.1. The Labute approximate surface area is 113 Å². The molecule has 0 aliphatic heterocycles. The number of fused-ring (bicyclic) bond motifs is 1. The minimum Gasteiger partial charge on any atom is -0.459 e. The van der Waals surface area contributed by atoms with Gasteiger partial charge in [0.2, 0.25) is 0 Å². The SMILES string of the molecule is C=CCOCc1c(CNC2CC2)oc2ccccc12. The number of hydrogen-bond donors (Lipinski definition) is 1. The smallest absolute Gasteiger partial charge is 0.134 e. The van der Waals surface area contributed by atoms with E-state index in [1.807, 2.05) is 18.2 Å². The molecular formula is C16H19NO2. The largest absolute Gasteiger partial charge is 0.459 e. The van der Waals surface area contributed by atoms with Gasteiger partial charge in [-0.1, -0.05) is 24.3 Å². The molecular weight excluding hydrogens is 238 g/mol. The maximum absolute atomic E-state index is 5.94. The second kappa shape index (κ2) is 5.59. The second-order valence-electron chi connectivity index (χ2n) is 4.96. The number of rotatable bonds is 7. The Bertz CT molecular complexity index is 569. The van der Waals surface area contributed by atoms with E-state index in [2.05, 4.69) is 18.0 Å². The topological polar surface area (TPSA) is 34.4 Å². The maximum Gasteiger partial charge on any atom is 0.134 e. The summed E-state index contributed by atoms with van der Waals surface area (Å²) in [5, 5.41) is 4.65. The molecule has 3 heteroatoms. The van der Waals surface area contributed by atoms with Crippen molar-refractivity contribution >= 4 is 11.0 Å². The molecule has 0 unspecified atom stereocenters. The summed E-state index contributed by atoms with van der Waals surface area (Å²) < 4.78 is 11.5. The Morgan fingerprint density at radius 2 is 2.21 bits per heavy atom. The Hall–Kier alpha value is -1.58. The molecule has 19 heavy (non-hydrogen) atoms. The van der Waals surface area contributed by atoms with E-state index in [9.17, 15) is 0 Å². The van der Waals surface area contributed by atoms with Crippen molar-refractivity contribution in [3.63, 3.8) is 0 Å². The molecule has 0 spiro atoms. The Kier molecular flexibility index (Phi) is 3.67. The summed E-state index contributed by atoms with van der Waals surface area (Å²) in [7, 11) is 0. The van der Waals surface area contributed by atoms with Crippen LogP contribution in [-0.4, -0.2) is 12.6 Å². The van der Waals surface area contributed by atoms with Crippen LogP contribution in [0.25, 0.3) is 11.0 Å². The lowest BCUT2D eigenvalue weighted by Crippen LogP contribution is -2.15. The van der Waals surface area contributed by atoms with E-state index in [0.717, 1.165) is 28.8 Å². The van der Waals surface area contributed by atoms with Crippen molar-refractivity contribution in [2.45, 2.75) is 32.0 Å². The minimum absolute atomic E-state index is 0.564. The van der Waals surface area contributed by atoms with Crippen LogP contribution in [0.5, 0.6) is 0 Å². The van der Waals surface area contributed by atoms with Gasteiger partial charge in [0.25, 0.3) is 0 Å². The Balaban J connectivity index is 1.83. The van der Waals surface area contributed by atoms with Crippen molar-refractivity contribution in [1.82, 2.24) is 5.32 Å². The van der Waals surface area contributed by atoms with E-state index in [1.165, 1.54) is 12.8 Å². The lowest BCUT2D eigenvalue weighted by Gasteiger charge is -2.04. The van der Waals surface area contributed by atoms with E-state index in [4.69, 9.17) is 9.15 Å². The van der Waals surface area contributed by atoms with Crippen molar-refractivity contribution in [2.75, 3.05) is 6.61 Å². The van der Waals surface area contributed by atoms with Gasteiger partial charge < -0.3 is 14.5 Å². The van der Waals surface area contributed by atoms with E-state index in [-0.39, 0.29) is 0 Å². The zero-order valence-corrected chi connectivity index (χ0v) is 11.0. The molecule has 100 valence electrons. The third-order valence-corrected chi connectivity index (χ3v) is 3.39. The Morgan fingerprint density at radius 1 is 1.37 bits per heavy atom. The fraction of sp³-hybridized carbons (Fsp3) is 0.375. The monoisotopic (exact) mass is 257 g/mol. The number of nitrogens with one attached hydrogen (secondary N) is 1. The minimum atomic E-state index is 0.564. The molecule has 1 aliphatic rings. The van der Waals surface area contributed by atoms with Gasteiger partial charge in [-0.3, -0.25) is 0 Å². The van der Waals surface area contributed by atoms with Crippen LogP contribution < -0.4 is 5.32 Å². The Morgan fingerprint density at radius 3 is 3.00 bits per heavy atom. The van der Waals surface area contributed by atoms with Gasteiger partial charge in [0, 0.05) is 17.0 Å². The third kappa shape index (κ3) is 2.88. The summed E-state index contributed by atoms with van der Waals surface area (Å²) in [5.74, 6) is 0.997. The maximum atomic E-state index is 5.94. The lowest BCUT2D eigenvalue weighted by molar-refractivity contribution is 0.148. The molecule has 0 bridgehead atoms. The molecule has 0 amide bonds. The molecule has 0 atom stereocenters. The second-order valence-corrected chi connectivity index (χ2v) is 4.96. The van der Waals surface area contributed by atoms with Crippen molar-refractivity contribution in [3.8, 4) is 0 Å². The van der Waals surface area contributed by atoms with Gasteiger partial charge in [-0.15, -0.1) is 6.58 Å². The number of benzene rings is 1. The zero-order chi connectivity index (χ0) is 13.1. The molecule has 1 aromatic carbocycles. The van der Waals surface area contributed by atoms with Crippen LogP contribution in [0.1, 0.15) is 24.2 Å². The molecule has 1 N–H and O–H groups in total. The van der Waals surface area contributed by atoms with E-state index in [1.54, 1.807) is 6.08 Å². The summed E-state index contributed by atoms with van der Waals surface area (Å²) >= 11 is 0. The van der Waals surface area contributed by atoms with Crippen molar-refractivity contribution < 1.29 is 9.15 Å². The number of para-hydroxylation sites is 1. The predicted octanol–water partition coefficient (Wildman–Crippen LogP) is 3.39. The first-order valence-corrected chi connectivity index (χ1v) is 6.80. The van der Waals surface area contributed by atoms with Gasteiger partial charge in [-0.2, -0.15) is 0 Å². The average molecular weight is 257 g/mol. The van der Waals surface area contributed by atoms with Gasteiger partial charge in [-0.05, 0) is 18.9 Å². The van der Waals surface area contributed by atoms with Crippen molar-refractivity contribution in [1.29, 1.82) is 0 Å². The molecule has 3 rings (SSSR count). The summed E-state index contributed by atoms with van der Waals surface area (Å²) in [6, 6.07) is 8.81. The molecule has 1 aromatic heterocycles. The number of ether oxygens (including phenoxy) is 1. The fourth-order valence-electron chi connectivity index (χ4n) is 2.22. The van der Waals surface area contributed by atoms with Crippen LogP contribution in [-0.2, 0) is 17.9 Å². The molecule has 1 saturated carbocycles. The average Bonchev–Trinajstić information content (AvgIpc) is 3.20. The molecule has 3 nitrogen and oxygen atoms in total. The van der Waals surface area contributed by atoms with E-state index >= 15 is 0 Å². The number of hydrogen-bond acceptors (Lipinski definition) is 3. The summed E-state index contributed by atoms with van der Waals surface area (Å²) in [5.41, 5.74) is 2.10. The van der Waals surface area contributed by atoms with Crippen molar-refractivity contribution in [3.05, 3.63) is 48.2 Å². The van der Waals surface area contributed by atoms with Gasteiger partial charge in [0.1, 0.15) is 11.3 Å². The van der Waals surface area contributed by atoms with Gasteiger partial charge in [0.05, 0.1) is 19.8 Å². The molecule has 0 saturated heterocycles. The van der Waals surface area contributed by atoms with Crippen molar-refractivity contribution in [2.24, 2.45) is 0 Å².